The first kappa shape index (κ1) is 24.8. The number of hydrogen-bond donors (Lipinski definition) is 3. The predicted molar refractivity (Wildman–Crippen MR) is 148 cm³/mol. The second kappa shape index (κ2) is 10.4. The van der Waals surface area contributed by atoms with Gasteiger partial charge in [0.05, 0.1) is 42.3 Å². The number of aromatic amines is 1. The number of carbonyl (C=O) groups excluding carboxylic acids is 1. The molecule has 39 heavy (non-hydrogen) atoms. The van der Waals surface area contributed by atoms with Gasteiger partial charge in [0.2, 0.25) is 5.91 Å². The van der Waals surface area contributed by atoms with Gasteiger partial charge in [-0.05, 0) is 42.3 Å². The first-order chi connectivity index (χ1) is 19.0. The topological polar surface area (TPSA) is 118 Å². The van der Waals surface area contributed by atoms with E-state index in [-0.39, 0.29) is 17.4 Å². The van der Waals surface area contributed by atoms with Crippen LogP contribution in [0.4, 0.5) is 11.4 Å². The summed E-state index contributed by atoms with van der Waals surface area (Å²) in [4.78, 5) is 36.4. The van der Waals surface area contributed by atoms with Crippen molar-refractivity contribution in [3.05, 3.63) is 89.0 Å². The third-order valence-corrected chi connectivity index (χ3v) is 7.27. The van der Waals surface area contributed by atoms with Crippen LogP contribution in [0.25, 0.3) is 10.9 Å². The fraction of sp³-hybridized carbons (Fsp3) is 0.233. The fourth-order valence-corrected chi connectivity index (χ4v) is 5.30. The van der Waals surface area contributed by atoms with Crippen LogP contribution in [0, 0.1) is 0 Å². The van der Waals surface area contributed by atoms with E-state index in [1.807, 2.05) is 53.4 Å². The summed E-state index contributed by atoms with van der Waals surface area (Å²) in [6, 6.07) is 20.1. The second-order valence-electron chi connectivity index (χ2n) is 9.74. The van der Waals surface area contributed by atoms with Crippen molar-refractivity contribution in [1.29, 1.82) is 0 Å². The molecule has 9 nitrogen and oxygen atoms in total. The number of carboxylic acids is 1. The highest BCUT2D eigenvalue weighted by atomic mass is 16.5. The third-order valence-electron chi connectivity index (χ3n) is 7.27. The highest BCUT2D eigenvalue weighted by Crippen LogP contribution is 2.35. The maximum Gasteiger partial charge on any atom is 0.335 e. The van der Waals surface area contributed by atoms with Crippen LogP contribution in [0.3, 0.4) is 0 Å². The molecule has 3 aromatic carbocycles. The van der Waals surface area contributed by atoms with Gasteiger partial charge in [-0.15, -0.1) is 0 Å². The van der Waals surface area contributed by atoms with Gasteiger partial charge >= 0.3 is 5.97 Å². The number of aromatic carboxylic acids is 1. The Labute approximate surface area is 225 Å². The Morgan fingerprint density at radius 3 is 2.51 bits per heavy atom. The molecule has 0 unspecified atom stereocenters. The van der Waals surface area contributed by atoms with Gasteiger partial charge in [0.25, 0.3) is 0 Å². The summed E-state index contributed by atoms with van der Waals surface area (Å²) in [5, 5.41) is 21.0. The summed E-state index contributed by atoms with van der Waals surface area (Å²) in [5.41, 5.74) is 5.15. The van der Waals surface area contributed by atoms with Crippen molar-refractivity contribution in [2.45, 2.75) is 6.42 Å². The number of aromatic nitrogens is 1. The van der Waals surface area contributed by atoms with Crippen LogP contribution in [-0.4, -0.2) is 77.1 Å². The lowest BCUT2D eigenvalue weighted by molar-refractivity contribution is -0.120. The molecule has 0 spiro atoms. The lowest BCUT2D eigenvalue weighted by atomic mass is 10.00. The lowest BCUT2D eigenvalue weighted by Gasteiger charge is -2.28. The summed E-state index contributed by atoms with van der Waals surface area (Å²) in [7, 11) is 0. The number of anilines is 1. The van der Waals surface area contributed by atoms with Gasteiger partial charge in [0.1, 0.15) is 0 Å². The molecule has 1 aromatic heterocycles. The minimum atomic E-state index is -1.04. The van der Waals surface area contributed by atoms with Crippen molar-refractivity contribution < 1.29 is 24.5 Å². The molecule has 1 fully saturated rings. The van der Waals surface area contributed by atoms with Crippen LogP contribution in [0.15, 0.2) is 71.7 Å². The number of nitrogens with one attached hydrogen (secondary N) is 1. The van der Waals surface area contributed by atoms with Crippen molar-refractivity contribution >= 4 is 39.9 Å². The highest BCUT2D eigenvalue weighted by molar-refractivity contribution is 6.22. The van der Waals surface area contributed by atoms with Gasteiger partial charge in [0.15, 0.2) is 5.88 Å². The van der Waals surface area contributed by atoms with Crippen molar-refractivity contribution in [1.82, 2.24) is 9.88 Å². The average molecular weight is 525 g/mol. The van der Waals surface area contributed by atoms with E-state index in [4.69, 9.17) is 9.73 Å². The number of rotatable bonds is 6. The largest absolute Gasteiger partial charge is 0.494 e. The minimum absolute atomic E-state index is 0.0846. The zero-order chi connectivity index (χ0) is 26.9. The number of ether oxygens (including phenoxy) is 1. The Morgan fingerprint density at radius 2 is 1.74 bits per heavy atom. The molecule has 3 heterocycles. The molecule has 0 saturated carbocycles. The molecular weight excluding hydrogens is 496 g/mol. The van der Waals surface area contributed by atoms with E-state index in [0.29, 0.717) is 54.2 Å². The quantitative estimate of drug-likeness (QED) is 0.329. The Bertz CT molecular complexity index is 1590. The van der Waals surface area contributed by atoms with Gasteiger partial charge in [-0.3, -0.25) is 9.69 Å². The van der Waals surface area contributed by atoms with E-state index in [9.17, 15) is 19.8 Å². The van der Waals surface area contributed by atoms with E-state index in [1.165, 1.54) is 12.1 Å². The van der Waals surface area contributed by atoms with E-state index in [0.717, 1.165) is 36.3 Å². The maximum atomic E-state index is 13.1. The standard InChI is InChI=1S/C30H28N4O5/c35-26(18-33-12-14-39-15-13-33)34-11-10-20-16-22(7-9-25(20)34)31-28(19-4-2-1-3-5-19)27-23-8-6-21(30(37)38)17-24(23)32-29(27)36/h1-9,16-17,32,36H,10-15,18H2,(H,37,38). The number of carboxylic acid groups (broad SMARTS) is 1. The van der Waals surface area contributed by atoms with E-state index in [2.05, 4.69) is 9.88 Å². The number of hydrogen-bond acceptors (Lipinski definition) is 6. The smallest absolute Gasteiger partial charge is 0.335 e. The zero-order valence-electron chi connectivity index (χ0n) is 21.3. The summed E-state index contributed by atoms with van der Waals surface area (Å²) >= 11 is 0. The van der Waals surface area contributed by atoms with Crippen LogP contribution in [0.1, 0.15) is 27.0 Å². The number of amides is 1. The molecule has 1 amide bonds. The Balaban J connectivity index is 1.36. The molecule has 1 saturated heterocycles. The number of fused-ring (bicyclic) bond motifs is 2. The second-order valence-corrected chi connectivity index (χ2v) is 9.74. The molecule has 0 aliphatic carbocycles. The van der Waals surface area contributed by atoms with Crippen LogP contribution in [0.5, 0.6) is 5.88 Å². The number of aromatic hydroxyl groups is 1. The minimum Gasteiger partial charge on any atom is -0.494 e. The molecule has 0 radical (unpaired) electrons. The monoisotopic (exact) mass is 524 g/mol. The third kappa shape index (κ3) is 4.89. The zero-order valence-corrected chi connectivity index (χ0v) is 21.3. The first-order valence-corrected chi connectivity index (χ1v) is 12.9. The molecule has 3 N–H and O–H groups in total. The molecule has 6 rings (SSSR count). The van der Waals surface area contributed by atoms with Gasteiger partial charge in [0, 0.05) is 41.8 Å². The van der Waals surface area contributed by atoms with Crippen LogP contribution >= 0.6 is 0 Å². The maximum absolute atomic E-state index is 13.1. The van der Waals surface area contributed by atoms with Crippen molar-refractivity contribution in [3.63, 3.8) is 0 Å². The molecular formula is C30H28N4O5. The van der Waals surface area contributed by atoms with Crippen molar-refractivity contribution in [2.75, 3.05) is 44.3 Å². The molecule has 0 atom stereocenters. The summed E-state index contributed by atoms with van der Waals surface area (Å²) in [6.45, 7) is 3.85. The SMILES string of the molecule is O=C(O)c1ccc2c(C(=Nc3ccc4c(c3)CCN4C(=O)CN3CCOCC3)c3ccccc3)c(O)[nH]c2c1. The summed E-state index contributed by atoms with van der Waals surface area (Å²) in [6.07, 6.45) is 0.741. The van der Waals surface area contributed by atoms with Gasteiger partial charge in [-0.25, -0.2) is 9.79 Å². The van der Waals surface area contributed by atoms with Crippen LogP contribution in [-0.2, 0) is 16.0 Å². The van der Waals surface area contributed by atoms with Gasteiger partial charge in [-0.2, -0.15) is 0 Å². The van der Waals surface area contributed by atoms with Crippen molar-refractivity contribution in [3.8, 4) is 5.88 Å². The molecule has 0 bridgehead atoms. The first-order valence-electron chi connectivity index (χ1n) is 12.9. The number of aliphatic imine (C=N–C) groups is 1. The molecule has 9 heteroatoms. The number of H-pyrrole nitrogens is 1. The highest BCUT2D eigenvalue weighted by Gasteiger charge is 2.27. The number of nitrogens with zero attached hydrogens (tertiary/aromatic N) is 3. The summed E-state index contributed by atoms with van der Waals surface area (Å²) in [5.74, 6) is -1.04. The number of carbonyl (C=O) groups is 2. The normalized spacial score (nSPS) is 16.0. The molecule has 4 aromatic rings. The van der Waals surface area contributed by atoms with E-state index in [1.54, 1.807) is 6.07 Å². The Hall–Kier alpha value is -4.47. The Kier molecular flexibility index (Phi) is 6.60. The Morgan fingerprint density at radius 1 is 0.949 bits per heavy atom. The van der Waals surface area contributed by atoms with Gasteiger partial charge in [-0.1, -0.05) is 36.4 Å². The average Bonchev–Trinajstić information content (AvgIpc) is 3.52. The van der Waals surface area contributed by atoms with E-state index >= 15 is 0 Å². The molecule has 198 valence electrons. The molecule has 2 aliphatic heterocycles. The number of benzene rings is 3. The van der Waals surface area contributed by atoms with E-state index < -0.39 is 5.97 Å². The number of morpholine rings is 1. The van der Waals surface area contributed by atoms with Crippen LogP contribution < -0.4 is 4.90 Å². The summed E-state index contributed by atoms with van der Waals surface area (Å²) < 4.78 is 5.39. The van der Waals surface area contributed by atoms with Gasteiger partial charge < -0.3 is 24.8 Å². The predicted octanol–water partition coefficient (Wildman–Crippen LogP) is 3.96. The fourth-order valence-electron chi connectivity index (χ4n) is 5.30. The van der Waals surface area contributed by atoms with Crippen molar-refractivity contribution in [2.24, 2.45) is 4.99 Å². The lowest BCUT2D eigenvalue weighted by Crippen LogP contribution is -2.44. The van der Waals surface area contributed by atoms with Crippen LogP contribution in [0.2, 0.25) is 0 Å². The molecule has 2 aliphatic rings.